The van der Waals surface area contributed by atoms with Gasteiger partial charge in [0.05, 0.1) is 7.11 Å². The molecule has 26 heavy (non-hydrogen) atoms. The summed E-state index contributed by atoms with van der Waals surface area (Å²) in [5, 5.41) is 0. The molecule has 1 fully saturated rings. The van der Waals surface area contributed by atoms with Gasteiger partial charge in [-0.05, 0) is 41.8 Å². The van der Waals surface area contributed by atoms with E-state index in [9.17, 15) is 4.79 Å². The number of rotatable bonds is 5. The number of hydrogen-bond donors (Lipinski definition) is 0. The molecule has 0 radical (unpaired) electrons. The van der Waals surface area contributed by atoms with Crippen molar-refractivity contribution in [2.75, 3.05) is 33.3 Å². The lowest BCUT2D eigenvalue weighted by Crippen LogP contribution is -2.47. The Kier molecular flexibility index (Phi) is 6.08. The van der Waals surface area contributed by atoms with Crippen molar-refractivity contribution in [2.45, 2.75) is 13.5 Å². The van der Waals surface area contributed by atoms with Crippen molar-refractivity contribution in [1.29, 1.82) is 0 Å². The number of benzene rings is 2. The molecule has 4 nitrogen and oxygen atoms in total. The molecule has 0 bridgehead atoms. The van der Waals surface area contributed by atoms with Gasteiger partial charge in [0, 0.05) is 38.8 Å². The molecule has 0 atom stereocenters. The summed E-state index contributed by atoms with van der Waals surface area (Å²) in [5.41, 5.74) is 3.55. The predicted octanol–water partition coefficient (Wildman–Crippen LogP) is 3.36. The molecule has 136 valence electrons. The predicted molar refractivity (Wildman–Crippen MR) is 105 cm³/mol. The van der Waals surface area contributed by atoms with Gasteiger partial charge >= 0.3 is 0 Å². The van der Waals surface area contributed by atoms with Gasteiger partial charge in [-0.3, -0.25) is 9.69 Å². The first-order chi connectivity index (χ1) is 12.7. The second-order valence-electron chi connectivity index (χ2n) is 6.64. The summed E-state index contributed by atoms with van der Waals surface area (Å²) in [6.07, 6.45) is 3.61. The highest BCUT2D eigenvalue weighted by atomic mass is 16.5. The van der Waals surface area contributed by atoms with E-state index >= 15 is 0 Å². The average molecular weight is 350 g/mol. The van der Waals surface area contributed by atoms with Crippen LogP contribution >= 0.6 is 0 Å². The summed E-state index contributed by atoms with van der Waals surface area (Å²) in [7, 11) is 1.68. The lowest BCUT2D eigenvalue weighted by Gasteiger charge is -2.34. The van der Waals surface area contributed by atoms with E-state index in [1.807, 2.05) is 41.3 Å². The molecule has 0 aliphatic carbocycles. The van der Waals surface area contributed by atoms with E-state index < -0.39 is 0 Å². The summed E-state index contributed by atoms with van der Waals surface area (Å²) >= 11 is 0. The molecule has 1 aliphatic rings. The van der Waals surface area contributed by atoms with Crippen molar-refractivity contribution >= 4 is 12.0 Å². The number of ether oxygens (including phenoxy) is 1. The zero-order valence-corrected chi connectivity index (χ0v) is 15.5. The van der Waals surface area contributed by atoms with E-state index in [0.717, 1.165) is 44.0 Å². The normalized spacial score (nSPS) is 15.4. The van der Waals surface area contributed by atoms with Gasteiger partial charge in [-0.25, -0.2) is 0 Å². The molecule has 1 aliphatic heterocycles. The molecule has 1 amide bonds. The van der Waals surface area contributed by atoms with Gasteiger partial charge in [-0.1, -0.05) is 36.4 Å². The third-order valence-corrected chi connectivity index (χ3v) is 4.84. The first-order valence-electron chi connectivity index (χ1n) is 9.03. The SMILES string of the molecule is COc1ccc(CN2CCN(C(=O)/C=C/c3ccccc3C)CC2)cc1. The quantitative estimate of drug-likeness (QED) is 0.775. The first kappa shape index (κ1) is 18.2. The van der Waals surface area contributed by atoms with Crippen LogP contribution in [-0.4, -0.2) is 49.0 Å². The third kappa shape index (κ3) is 4.73. The number of methoxy groups -OCH3 is 1. The first-order valence-corrected chi connectivity index (χ1v) is 9.03. The highest BCUT2D eigenvalue weighted by Crippen LogP contribution is 2.15. The van der Waals surface area contributed by atoms with Gasteiger partial charge in [-0.2, -0.15) is 0 Å². The number of carbonyl (C=O) groups excluding carboxylic acids is 1. The van der Waals surface area contributed by atoms with Crippen LogP contribution in [-0.2, 0) is 11.3 Å². The molecular weight excluding hydrogens is 324 g/mol. The van der Waals surface area contributed by atoms with Crippen molar-refractivity contribution in [1.82, 2.24) is 9.80 Å². The monoisotopic (exact) mass is 350 g/mol. The molecule has 2 aromatic carbocycles. The maximum atomic E-state index is 12.4. The van der Waals surface area contributed by atoms with E-state index in [4.69, 9.17) is 4.74 Å². The number of nitrogens with zero attached hydrogens (tertiary/aromatic N) is 2. The molecule has 0 saturated carbocycles. The Morgan fingerprint density at radius 1 is 1.04 bits per heavy atom. The van der Waals surface area contributed by atoms with Crippen molar-refractivity contribution in [3.05, 3.63) is 71.3 Å². The van der Waals surface area contributed by atoms with Crippen LogP contribution in [0, 0.1) is 6.92 Å². The number of amides is 1. The zero-order chi connectivity index (χ0) is 18.4. The zero-order valence-electron chi connectivity index (χ0n) is 15.5. The molecule has 1 saturated heterocycles. The Balaban J connectivity index is 1.49. The fraction of sp³-hybridized carbons (Fsp3) is 0.318. The Morgan fingerprint density at radius 2 is 1.73 bits per heavy atom. The minimum atomic E-state index is 0.0948. The topological polar surface area (TPSA) is 32.8 Å². The fourth-order valence-electron chi connectivity index (χ4n) is 3.16. The van der Waals surface area contributed by atoms with E-state index in [-0.39, 0.29) is 5.91 Å². The molecule has 2 aromatic rings. The van der Waals surface area contributed by atoms with Crippen LogP contribution in [0.1, 0.15) is 16.7 Å². The maximum Gasteiger partial charge on any atom is 0.246 e. The molecule has 1 heterocycles. The molecule has 0 N–H and O–H groups in total. The third-order valence-electron chi connectivity index (χ3n) is 4.84. The average Bonchev–Trinajstić information content (AvgIpc) is 2.68. The smallest absolute Gasteiger partial charge is 0.246 e. The molecule has 3 rings (SSSR count). The van der Waals surface area contributed by atoms with Gasteiger partial charge in [0.25, 0.3) is 0 Å². The second kappa shape index (κ2) is 8.68. The number of piperazine rings is 1. The summed E-state index contributed by atoms with van der Waals surface area (Å²) in [6, 6.07) is 16.3. The Hall–Kier alpha value is -2.59. The molecule has 0 unspecified atom stereocenters. The summed E-state index contributed by atoms with van der Waals surface area (Å²) in [5.74, 6) is 0.974. The highest BCUT2D eigenvalue weighted by molar-refractivity contribution is 5.92. The highest BCUT2D eigenvalue weighted by Gasteiger charge is 2.19. The van der Waals surface area contributed by atoms with Crippen LogP contribution in [0.4, 0.5) is 0 Å². The van der Waals surface area contributed by atoms with E-state index in [1.165, 1.54) is 11.1 Å². The standard InChI is InChI=1S/C22H26N2O2/c1-18-5-3-4-6-20(18)9-12-22(25)24-15-13-23(14-16-24)17-19-7-10-21(26-2)11-8-19/h3-12H,13-17H2,1-2H3/b12-9+. The van der Waals surface area contributed by atoms with E-state index in [1.54, 1.807) is 13.2 Å². The molecule has 0 spiro atoms. The van der Waals surface area contributed by atoms with Crippen LogP contribution in [0.15, 0.2) is 54.6 Å². The minimum absolute atomic E-state index is 0.0948. The maximum absolute atomic E-state index is 12.4. The van der Waals surface area contributed by atoms with Crippen molar-refractivity contribution in [2.24, 2.45) is 0 Å². The number of hydrogen-bond acceptors (Lipinski definition) is 3. The van der Waals surface area contributed by atoms with Crippen LogP contribution in [0.5, 0.6) is 5.75 Å². The molecule has 0 aromatic heterocycles. The fourth-order valence-corrected chi connectivity index (χ4v) is 3.16. The van der Waals surface area contributed by atoms with Crippen LogP contribution < -0.4 is 4.74 Å². The Morgan fingerprint density at radius 3 is 2.38 bits per heavy atom. The lowest BCUT2D eigenvalue weighted by molar-refractivity contribution is -0.127. The van der Waals surface area contributed by atoms with Gasteiger partial charge in [0.2, 0.25) is 5.91 Å². The number of carbonyl (C=O) groups is 1. The van der Waals surface area contributed by atoms with Crippen LogP contribution in [0.3, 0.4) is 0 Å². The van der Waals surface area contributed by atoms with Crippen molar-refractivity contribution in [3.8, 4) is 5.75 Å². The van der Waals surface area contributed by atoms with Gasteiger partial charge < -0.3 is 9.64 Å². The Labute approximate surface area is 155 Å². The van der Waals surface area contributed by atoms with E-state index in [2.05, 4.69) is 30.0 Å². The second-order valence-corrected chi connectivity index (χ2v) is 6.64. The Bertz CT molecular complexity index is 760. The van der Waals surface area contributed by atoms with Crippen molar-refractivity contribution in [3.63, 3.8) is 0 Å². The molecule has 4 heteroatoms. The summed E-state index contributed by atoms with van der Waals surface area (Å²) < 4.78 is 5.20. The lowest BCUT2D eigenvalue weighted by atomic mass is 10.1. The summed E-state index contributed by atoms with van der Waals surface area (Å²) in [6.45, 7) is 6.30. The summed E-state index contributed by atoms with van der Waals surface area (Å²) in [4.78, 5) is 16.7. The number of aryl methyl sites for hydroxylation is 1. The van der Waals surface area contributed by atoms with Gasteiger partial charge in [0.1, 0.15) is 5.75 Å². The van der Waals surface area contributed by atoms with Crippen LogP contribution in [0.2, 0.25) is 0 Å². The van der Waals surface area contributed by atoms with Crippen molar-refractivity contribution < 1.29 is 9.53 Å². The van der Waals surface area contributed by atoms with E-state index in [0.29, 0.717) is 0 Å². The van der Waals surface area contributed by atoms with Gasteiger partial charge in [0.15, 0.2) is 0 Å². The molecular formula is C22H26N2O2. The van der Waals surface area contributed by atoms with Gasteiger partial charge in [-0.15, -0.1) is 0 Å². The minimum Gasteiger partial charge on any atom is -0.497 e. The largest absolute Gasteiger partial charge is 0.497 e. The van der Waals surface area contributed by atoms with Crippen LogP contribution in [0.25, 0.3) is 6.08 Å².